The highest BCUT2D eigenvalue weighted by molar-refractivity contribution is 5.77. The lowest BCUT2D eigenvalue weighted by Gasteiger charge is -2.64. The summed E-state index contributed by atoms with van der Waals surface area (Å²) in [4.78, 5) is 14.3. The molecule has 0 aromatic rings. The number of rotatable bonds is 9. The largest absolute Gasteiger partial charge is 0.432 e. The highest BCUT2D eigenvalue weighted by Crippen LogP contribution is 2.73. The Hall–Kier alpha value is -1.43. The standard InChI is InChI=1S/C38H60O18/c1-16-11-37-9-5-20-35(2,21(37)6-10-38(16,15-37)56-33-30(49)26(45)23(42)18(13-40)53-33)7-4-8-36(20,3)34(50)55-32-29(48)27(46)24(43)19(54-32)14-51-31-28(47)25(44)22(41)17(12-39)52-31/h17-33,39-49H,1,4-15H2,2-3H3/t17?,18?,19?,20-,21-,22+,23+,24+,25?,26?,27?,28?,29?,30?,31-,32-,33-,35+,36+,37+,38-/m0/s1. The fraction of sp³-hybridized carbons (Fsp3) is 0.921. The average molecular weight is 805 g/mol. The summed E-state index contributed by atoms with van der Waals surface area (Å²) in [6.45, 7) is 6.68. The van der Waals surface area contributed by atoms with Gasteiger partial charge in [0.05, 0.1) is 30.8 Å². The van der Waals surface area contributed by atoms with Gasteiger partial charge in [-0.1, -0.05) is 19.9 Å². The number of fused-ring (bicyclic) bond motifs is 3. The van der Waals surface area contributed by atoms with Crippen LogP contribution in [-0.4, -0.2) is 180 Å². The van der Waals surface area contributed by atoms with Crippen LogP contribution in [0.4, 0.5) is 0 Å². The van der Waals surface area contributed by atoms with E-state index in [4.69, 9.17) is 28.4 Å². The van der Waals surface area contributed by atoms with Gasteiger partial charge in [-0.25, -0.2) is 0 Å². The van der Waals surface area contributed by atoms with Gasteiger partial charge in [-0.2, -0.15) is 0 Å². The number of ether oxygens (including phenoxy) is 6. The molecule has 0 aromatic heterocycles. The van der Waals surface area contributed by atoms with Crippen LogP contribution in [0.25, 0.3) is 0 Å². The van der Waals surface area contributed by atoms with E-state index < -0.39 is 129 Å². The van der Waals surface area contributed by atoms with Crippen molar-refractivity contribution in [3.05, 3.63) is 12.2 Å². The minimum Gasteiger partial charge on any atom is -0.432 e. The van der Waals surface area contributed by atoms with Crippen LogP contribution >= 0.6 is 0 Å². The summed E-state index contributed by atoms with van der Waals surface area (Å²) in [6.07, 6.45) is -17.3. The third-order valence-corrected chi connectivity index (χ3v) is 14.9. The van der Waals surface area contributed by atoms with Crippen LogP contribution in [0.2, 0.25) is 0 Å². The topological polar surface area (TPSA) is 295 Å². The molecule has 56 heavy (non-hydrogen) atoms. The maximum absolute atomic E-state index is 14.3. The van der Waals surface area contributed by atoms with Gasteiger partial charge in [0.2, 0.25) is 6.29 Å². The van der Waals surface area contributed by atoms with Crippen molar-refractivity contribution < 1.29 is 89.4 Å². The predicted octanol–water partition coefficient (Wildman–Crippen LogP) is -2.94. The Balaban J connectivity index is 1.03. The molecule has 3 saturated heterocycles. The SMILES string of the molecule is C=C1C[C@@]23CC[C@H]4[C@@](C)(CCC[C@@]4(C)C(=O)O[C@@H]4OC(CO[C@H]5OC(CO)[C@@H](O)C(O)C5O)[C@@H](O)C(O)C4O)[C@@H]2CC[C@]1(O[C@@H]1OC(CO)[C@@H](O)C(O)C1O)C3. The molecule has 4 saturated carbocycles. The van der Waals surface area contributed by atoms with Crippen LogP contribution in [0.3, 0.4) is 0 Å². The Labute approximate surface area is 324 Å². The van der Waals surface area contributed by atoms with Crippen molar-refractivity contribution in [3.63, 3.8) is 0 Å². The summed E-state index contributed by atoms with van der Waals surface area (Å²) in [5, 5.41) is 114. The Morgan fingerprint density at radius 2 is 1.21 bits per heavy atom. The maximum Gasteiger partial charge on any atom is 0.314 e. The third kappa shape index (κ3) is 6.78. The third-order valence-electron chi connectivity index (χ3n) is 14.9. The van der Waals surface area contributed by atoms with Crippen LogP contribution in [0.5, 0.6) is 0 Å². The van der Waals surface area contributed by atoms with Gasteiger partial charge >= 0.3 is 5.97 Å². The van der Waals surface area contributed by atoms with Gasteiger partial charge in [-0.15, -0.1) is 0 Å². The minimum absolute atomic E-state index is 0.138. The van der Waals surface area contributed by atoms with E-state index >= 15 is 0 Å². The molecule has 7 fully saturated rings. The molecule has 3 aliphatic heterocycles. The summed E-state index contributed by atoms with van der Waals surface area (Å²) in [7, 11) is 0. The van der Waals surface area contributed by atoms with Gasteiger partial charge < -0.3 is 84.6 Å². The lowest BCUT2D eigenvalue weighted by atomic mass is 9.41. The van der Waals surface area contributed by atoms with Crippen molar-refractivity contribution in [2.45, 2.75) is 169 Å². The van der Waals surface area contributed by atoms with Gasteiger partial charge in [0.15, 0.2) is 12.6 Å². The summed E-state index contributed by atoms with van der Waals surface area (Å²) in [5.74, 6) is -0.608. The molecule has 7 aliphatic rings. The lowest BCUT2D eigenvalue weighted by Crippen LogP contribution is -2.63. The molecule has 4 aliphatic carbocycles. The molecule has 0 aromatic carbocycles. The molecular weight excluding hydrogens is 744 g/mol. The number of aliphatic hydroxyl groups excluding tert-OH is 11. The normalized spacial score (nSPS) is 54.6. The molecule has 320 valence electrons. The Kier molecular flexibility index (Phi) is 11.9. The van der Waals surface area contributed by atoms with Crippen molar-refractivity contribution in [3.8, 4) is 0 Å². The highest BCUT2D eigenvalue weighted by atomic mass is 16.7. The smallest absolute Gasteiger partial charge is 0.314 e. The first-order chi connectivity index (χ1) is 26.4. The van der Waals surface area contributed by atoms with Gasteiger partial charge in [0.25, 0.3) is 0 Å². The first-order valence-corrected chi connectivity index (χ1v) is 19.9. The molecule has 7 rings (SSSR count). The van der Waals surface area contributed by atoms with Crippen molar-refractivity contribution in [2.75, 3.05) is 19.8 Å². The van der Waals surface area contributed by atoms with E-state index in [-0.39, 0.29) is 22.7 Å². The molecule has 9 unspecified atom stereocenters. The zero-order chi connectivity index (χ0) is 40.7. The summed E-state index contributed by atoms with van der Waals surface area (Å²) >= 11 is 0. The Morgan fingerprint density at radius 1 is 0.679 bits per heavy atom. The second-order valence-electron chi connectivity index (χ2n) is 18.0. The fourth-order valence-corrected chi connectivity index (χ4v) is 11.9. The van der Waals surface area contributed by atoms with Crippen LogP contribution < -0.4 is 0 Å². The molecule has 18 nitrogen and oxygen atoms in total. The number of hydrogen-bond donors (Lipinski definition) is 11. The second kappa shape index (κ2) is 15.6. The van der Waals surface area contributed by atoms with Crippen molar-refractivity contribution in [1.29, 1.82) is 0 Å². The molecule has 2 bridgehead atoms. The van der Waals surface area contributed by atoms with Gasteiger partial charge in [0.1, 0.15) is 73.2 Å². The highest BCUT2D eigenvalue weighted by Gasteiger charge is 2.69. The molecular formula is C38H60O18. The summed E-state index contributed by atoms with van der Waals surface area (Å²) in [6, 6.07) is 0. The number of carbonyl (C=O) groups excluding carboxylic acids is 1. The van der Waals surface area contributed by atoms with Crippen molar-refractivity contribution in [1.82, 2.24) is 0 Å². The molecule has 1 spiro atoms. The number of aliphatic hydroxyl groups is 11. The minimum atomic E-state index is -1.81. The number of hydrogen-bond acceptors (Lipinski definition) is 18. The molecule has 0 radical (unpaired) electrons. The van der Waals surface area contributed by atoms with Crippen molar-refractivity contribution in [2.24, 2.45) is 28.1 Å². The van der Waals surface area contributed by atoms with Crippen molar-refractivity contribution >= 4 is 5.97 Å². The van der Waals surface area contributed by atoms with Gasteiger partial charge in [-0.3, -0.25) is 4.79 Å². The first-order valence-electron chi connectivity index (χ1n) is 19.9. The van der Waals surface area contributed by atoms with Gasteiger partial charge in [0, 0.05) is 0 Å². The predicted molar refractivity (Wildman–Crippen MR) is 186 cm³/mol. The van der Waals surface area contributed by atoms with E-state index in [0.29, 0.717) is 38.5 Å². The second-order valence-corrected chi connectivity index (χ2v) is 18.0. The van der Waals surface area contributed by atoms with E-state index in [0.717, 1.165) is 24.8 Å². The Bertz CT molecular complexity index is 1450. The van der Waals surface area contributed by atoms with E-state index in [1.54, 1.807) is 0 Å². The van der Waals surface area contributed by atoms with E-state index in [1.807, 2.05) is 6.92 Å². The summed E-state index contributed by atoms with van der Waals surface area (Å²) in [5.41, 5.74) is -1.57. The first kappa shape index (κ1) is 42.7. The number of esters is 1. The number of carbonyl (C=O) groups is 1. The monoisotopic (exact) mass is 804 g/mol. The quantitative estimate of drug-likeness (QED) is 0.0631. The fourth-order valence-electron chi connectivity index (χ4n) is 11.9. The van der Waals surface area contributed by atoms with Crippen LogP contribution in [0.15, 0.2) is 12.2 Å². The summed E-state index contributed by atoms with van der Waals surface area (Å²) < 4.78 is 34.8. The lowest BCUT2D eigenvalue weighted by molar-refractivity contribution is -0.329. The zero-order valence-corrected chi connectivity index (χ0v) is 31.8. The van der Waals surface area contributed by atoms with Crippen LogP contribution in [0.1, 0.15) is 71.6 Å². The van der Waals surface area contributed by atoms with Crippen LogP contribution in [0, 0.1) is 28.1 Å². The molecule has 0 amide bonds. The molecule has 11 N–H and O–H groups in total. The maximum atomic E-state index is 14.3. The molecule has 18 heteroatoms. The van der Waals surface area contributed by atoms with E-state index in [2.05, 4.69) is 13.5 Å². The average Bonchev–Trinajstić information content (AvgIpc) is 3.37. The van der Waals surface area contributed by atoms with E-state index in [1.165, 1.54) is 0 Å². The molecule has 3 heterocycles. The van der Waals surface area contributed by atoms with Crippen LogP contribution in [-0.2, 0) is 33.2 Å². The van der Waals surface area contributed by atoms with Gasteiger partial charge in [-0.05, 0) is 86.5 Å². The molecule has 21 atom stereocenters. The Morgan fingerprint density at radius 3 is 1.84 bits per heavy atom. The van der Waals surface area contributed by atoms with E-state index in [9.17, 15) is 61.0 Å². The zero-order valence-electron chi connectivity index (χ0n) is 31.8.